The van der Waals surface area contributed by atoms with Crippen LogP contribution in [0.4, 0.5) is 12.9 Å². The third-order valence-corrected chi connectivity index (χ3v) is 1.11. The lowest BCUT2D eigenvalue weighted by Crippen LogP contribution is -2.15. The topological polar surface area (TPSA) is 0 Å². The predicted octanol–water partition coefficient (Wildman–Crippen LogP) is 2.85. The monoisotopic (exact) mass is 159 g/mol. The summed E-state index contributed by atoms with van der Waals surface area (Å²) in [6.07, 6.45) is -0.685. The van der Waals surface area contributed by atoms with Crippen LogP contribution in [0, 0.1) is 0 Å². The van der Waals surface area contributed by atoms with Crippen molar-refractivity contribution in [2.24, 2.45) is 0 Å². The molecule has 56 valence electrons. The molecule has 0 amide bonds. The highest BCUT2D eigenvalue weighted by molar-refractivity contribution is 6.58. The molecule has 1 unspecified atom stereocenters. The maximum Gasteiger partial charge on any atom is 0.478 e. The van der Waals surface area contributed by atoms with Gasteiger partial charge in [-0.3, -0.25) is 0 Å². The van der Waals surface area contributed by atoms with Gasteiger partial charge < -0.3 is 12.9 Å². The Morgan fingerprint density at radius 2 is 1.89 bits per heavy atom. The van der Waals surface area contributed by atoms with Crippen molar-refractivity contribution in [3.63, 3.8) is 0 Å². The third-order valence-electron chi connectivity index (χ3n) is 0.892. The third kappa shape index (κ3) is 8.14. The van der Waals surface area contributed by atoms with Crippen LogP contribution in [-0.2, 0) is 0 Å². The van der Waals surface area contributed by atoms with Crippen molar-refractivity contribution < 1.29 is 12.9 Å². The fraction of sp³-hybridized carbons (Fsp3) is 1.00. The SMILES string of the molecule is CC(Cl)CC[B-](F)(F)F. The van der Waals surface area contributed by atoms with Crippen LogP contribution in [0.5, 0.6) is 0 Å². The lowest BCUT2D eigenvalue weighted by atomic mass is 9.84. The van der Waals surface area contributed by atoms with E-state index in [1.165, 1.54) is 0 Å². The Balaban J connectivity index is 3.28. The van der Waals surface area contributed by atoms with Gasteiger partial charge in [0.05, 0.1) is 0 Å². The minimum absolute atomic E-state index is 0.0328. The van der Waals surface area contributed by atoms with E-state index in [0.29, 0.717) is 0 Å². The first-order chi connectivity index (χ1) is 3.92. The molecule has 0 spiro atoms. The van der Waals surface area contributed by atoms with Crippen molar-refractivity contribution in [1.82, 2.24) is 0 Å². The van der Waals surface area contributed by atoms with Crippen molar-refractivity contribution >= 4 is 18.6 Å². The Morgan fingerprint density at radius 1 is 1.44 bits per heavy atom. The molecule has 0 radical (unpaired) electrons. The van der Waals surface area contributed by atoms with Gasteiger partial charge in [0.2, 0.25) is 0 Å². The normalized spacial score (nSPS) is 15.7. The predicted molar refractivity (Wildman–Crippen MR) is 33.8 cm³/mol. The van der Waals surface area contributed by atoms with E-state index in [2.05, 4.69) is 0 Å². The van der Waals surface area contributed by atoms with E-state index in [-0.39, 0.29) is 11.8 Å². The quantitative estimate of drug-likeness (QED) is 0.439. The van der Waals surface area contributed by atoms with Crippen molar-refractivity contribution in [2.75, 3.05) is 0 Å². The Kier molecular flexibility index (Phi) is 3.40. The van der Waals surface area contributed by atoms with Crippen molar-refractivity contribution in [2.45, 2.75) is 25.0 Å². The van der Waals surface area contributed by atoms with E-state index >= 15 is 0 Å². The molecule has 0 N–H and O–H groups in total. The van der Waals surface area contributed by atoms with Crippen LogP contribution < -0.4 is 0 Å². The van der Waals surface area contributed by atoms with Crippen molar-refractivity contribution in [3.8, 4) is 0 Å². The van der Waals surface area contributed by atoms with Gasteiger partial charge >= 0.3 is 6.98 Å². The van der Waals surface area contributed by atoms with Gasteiger partial charge in [-0.05, 0) is 6.92 Å². The molecule has 0 aliphatic heterocycles. The molecule has 0 aliphatic carbocycles. The molecule has 0 aromatic heterocycles. The van der Waals surface area contributed by atoms with Gasteiger partial charge in [0.25, 0.3) is 0 Å². The molecule has 0 nitrogen and oxygen atoms in total. The first kappa shape index (κ1) is 9.14. The average molecular weight is 159 g/mol. The van der Waals surface area contributed by atoms with Gasteiger partial charge in [0.1, 0.15) is 0 Å². The molecule has 0 saturated carbocycles. The number of hydrogen-bond donors (Lipinski definition) is 0. The second kappa shape index (κ2) is 3.35. The Morgan fingerprint density at radius 3 is 2.00 bits per heavy atom. The Hall–Kier alpha value is 0.145. The lowest BCUT2D eigenvalue weighted by Gasteiger charge is -2.13. The molecule has 0 saturated heterocycles. The maximum absolute atomic E-state index is 11.4. The summed E-state index contributed by atoms with van der Waals surface area (Å²) in [5.41, 5.74) is 0. The van der Waals surface area contributed by atoms with Gasteiger partial charge in [0.15, 0.2) is 0 Å². The van der Waals surface area contributed by atoms with Gasteiger partial charge in [0, 0.05) is 5.38 Å². The molecule has 1 atom stereocenters. The summed E-state index contributed by atoms with van der Waals surface area (Å²) in [6.45, 7) is -3.06. The number of alkyl halides is 1. The highest BCUT2D eigenvalue weighted by Crippen LogP contribution is 2.19. The summed E-state index contributed by atoms with van der Waals surface area (Å²) in [5.74, 6) is 0. The number of rotatable bonds is 3. The highest BCUT2D eigenvalue weighted by atomic mass is 35.5. The van der Waals surface area contributed by atoms with Crippen LogP contribution >= 0.6 is 11.6 Å². The summed E-state index contributed by atoms with van der Waals surface area (Å²) in [7, 11) is 0. The molecule has 0 aromatic carbocycles. The lowest BCUT2D eigenvalue weighted by molar-refractivity contribution is 0.463. The minimum atomic E-state index is -4.62. The smallest absolute Gasteiger partial charge is 0.449 e. The van der Waals surface area contributed by atoms with Gasteiger partial charge in [-0.25, -0.2) is 0 Å². The first-order valence-electron chi connectivity index (χ1n) is 2.77. The number of hydrogen-bond acceptors (Lipinski definition) is 0. The largest absolute Gasteiger partial charge is 0.478 e. The zero-order valence-corrected chi connectivity index (χ0v) is 5.84. The van der Waals surface area contributed by atoms with E-state index < -0.39 is 13.3 Å². The standard InChI is InChI=1S/C4H8BClF3/c1-4(6)2-3-5(7,8)9/h4H,2-3H2,1H3/q-1. The van der Waals surface area contributed by atoms with Crippen LogP contribution in [0.1, 0.15) is 13.3 Å². The molecule has 5 heteroatoms. The molecule has 0 rings (SSSR count). The van der Waals surface area contributed by atoms with Crippen molar-refractivity contribution in [3.05, 3.63) is 0 Å². The summed E-state index contributed by atoms with van der Waals surface area (Å²) < 4.78 is 34.3. The van der Waals surface area contributed by atoms with Crippen LogP contribution in [0.2, 0.25) is 6.32 Å². The van der Waals surface area contributed by atoms with E-state index in [9.17, 15) is 12.9 Å². The average Bonchev–Trinajstić information content (AvgIpc) is 1.59. The molecule has 0 fully saturated rings. The molecule has 0 bridgehead atoms. The van der Waals surface area contributed by atoms with E-state index in [1.54, 1.807) is 6.92 Å². The van der Waals surface area contributed by atoms with Gasteiger partial charge in [-0.2, -0.15) is 0 Å². The van der Waals surface area contributed by atoms with E-state index in [1.807, 2.05) is 0 Å². The Bertz CT molecular complexity index is 80.4. The van der Waals surface area contributed by atoms with Gasteiger partial charge in [-0.15, -0.1) is 11.6 Å². The fourth-order valence-corrected chi connectivity index (χ4v) is 0.545. The minimum Gasteiger partial charge on any atom is -0.449 e. The highest BCUT2D eigenvalue weighted by Gasteiger charge is 2.22. The second-order valence-corrected chi connectivity index (χ2v) is 2.81. The summed E-state index contributed by atoms with van der Waals surface area (Å²) in [6, 6.07) is 0. The van der Waals surface area contributed by atoms with E-state index in [0.717, 1.165) is 0 Å². The summed E-state index contributed by atoms with van der Waals surface area (Å²) in [4.78, 5) is 0. The zero-order valence-electron chi connectivity index (χ0n) is 5.08. The molecule has 0 aromatic rings. The van der Waals surface area contributed by atoms with Crippen molar-refractivity contribution in [1.29, 1.82) is 0 Å². The van der Waals surface area contributed by atoms with Crippen LogP contribution in [0.3, 0.4) is 0 Å². The van der Waals surface area contributed by atoms with Crippen LogP contribution in [0.15, 0.2) is 0 Å². The fourth-order valence-electron chi connectivity index (χ4n) is 0.419. The van der Waals surface area contributed by atoms with Crippen LogP contribution in [0.25, 0.3) is 0 Å². The van der Waals surface area contributed by atoms with Crippen LogP contribution in [-0.4, -0.2) is 12.4 Å². The van der Waals surface area contributed by atoms with Gasteiger partial charge in [-0.1, -0.05) is 12.7 Å². The number of halogens is 4. The Labute approximate surface area is 57.4 Å². The zero-order chi connectivity index (χ0) is 7.49. The van der Waals surface area contributed by atoms with E-state index in [4.69, 9.17) is 11.6 Å². The molecule has 0 aliphatic rings. The summed E-state index contributed by atoms with van der Waals surface area (Å²) in [5, 5.41) is -0.367. The first-order valence-corrected chi connectivity index (χ1v) is 3.20. The maximum atomic E-state index is 11.4. The molecule has 0 heterocycles. The molecular formula is C4H8BClF3-. The second-order valence-electron chi connectivity index (χ2n) is 2.07. The molecule has 9 heavy (non-hydrogen) atoms. The molecular weight excluding hydrogens is 151 g/mol. The summed E-state index contributed by atoms with van der Waals surface area (Å²) >= 11 is 5.29.